The molecule has 0 aliphatic heterocycles. The van der Waals surface area contributed by atoms with Gasteiger partial charge in [-0.05, 0) is 42.9 Å². The van der Waals surface area contributed by atoms with Crippen molar-refractivity contribution >= 4 is 17.5 Å². The van der Waals surface area contributed by atoms with Crippen LogP contribution in [0.4, 0.5) is 0 Å². The van der Waals surface area contributed by atoms with Gasteiger partial charge in [-0.1, -0.05) is 49.4 Å². The van der Waals surface area contributed by atoms with Crippen LogP contribution in [0.3, 0.4) is 0 Å². The van der Waals surface area contributed by atoms with E-state index >= 15 is 0 Å². The lowest BCUT2D eigenvalue weighted by Crippen LogP contribution is -2.24. The molecule has 1 amide bonds. The summed E-state index contributed by atoms with van der Waals surface area (Å²) in [5.74, 6) is 1.06. The minimum absolute atomic E-state index is 0.149. The maximum atomic E-state index is 11.8. The van der Waals surface area contributed by atoms with Crippen LogP contribution in [0.25, 0.3) is 0 Å². The molecule has 110 valence electrons. The second kappa shape index (κ2) is 8.31. The smallest absolute Gasteiger partial charge is 0.220 e. The van der Waals surface area contributed by atoms with Gasteiger partial charge in [0.1, 0.15) is 0 Å². The highest BCUT2D eigenvalue weighted by atomic mass is 35.5. The number of carbonyl (C=O) groups is 1. The van der Waals surface area contributed by atoms with Crippen molar-refractivity contribution in [2.24, 2.45) is 5.92 Å². The Morgan fingerprint density at radius 2 is 2.10 bits per heavy atom. The number of hydrogen-bond acceptors (Lipinski definition) is 1. The Balaban J connectivity index is 1.56. The van der Waals surface area contributed by atoms with Gasteiger partial charge in [-0.2, -0.15) is 0 Å². The first-order valence-electron chi connectivity index (χ1n) is 7.75. The van der Waals surface area contributed by atoms with Gasteiger partial charge in [-0.15, -0.1) is 0 Å². The molecule has 0 bridgehead atoms. The summed E-state index contributed by atoms with van der Waals surface area (Å²) in [4.78, 5) is 11.8. The van der Waals surface area contributed by atoms with Gasteiger partial charge in [0.2, 0.25) is 5.91 Å². The number of carbonyl (C=O) groups excluding carboxylic acids is 1. The highest BCUT2D eigenvalue weighted by Gasteiger charge is 2.14. The van der Waals surface area contributed by atoms with Gasteiger partial charge in [-0.3, -0.25) is 4.79 Å². The largest absolute Gasteiger partial charge is 0.356 e. The number of halogens is 1. The van der Waals surface area contributed by atoms with E-state index in [9.17, 15) is 4.79 Å². The van der Waals surface area contributed by atoms with Crippen molar-refractivity contribution in [3.8, 4) is 0 Å². The molecule has 2 nitrogen and oxygen atoms in total. The maximum absolute atomic E-state index is 11.8. The predicted molar refractivity (Wildman–Crippen MR) is 84.0 cm³/mol. The van der Waals surface area contributed by atoms with Crippen molar-refractivity contribution in [2.75, 3.05) is 6.54 Å². The molecule has 1 saturated carbocycles. The van der Waals surface area contributed by atoms with Gasteiger partial charge in [0.15, 0.2) is 0 Å². The standard InChI is InChI=1S/C17H24ClNO/c18-16-9-3-7-15(13-16)10-11-17(20)19-12-4-8-14-5-1-2-6-14/h3,7,9,13-14H,1-2,4-6,8,10-12H2,(H,19,20). The number of hydrogen-bond donors (Lipinski definition) is 1. The van der Waals surface area contributed by atoms with E-state index in [-0.39, 0.29) is 5.91 Å². The molecule has 20 heavy (non-hydrogen) atoms. The molecular weight excluding hydrogens is 270 g/mol. The van der Waals surface area contributed by atoms with Gasteiger partial charge in [-0.25, -0.2) is 0 Å². The minimum atomic E-state index is 0.149. The Hall–Kier alpha value is -1.02. The molecule has 0 heterocycles. The molecule has 3 heteroatoms. The van der Waals surface area contributed by atoms with Crippen LogP contribution in [-0.4, -0.2) is 12.5 Å². The third kappa shape index (κ3) is 5.54. The van der Waals surface area contributed by atoms with Crippen LogP contribution in [0, 0.1) is 5.92 Å². The van der Waals surface area contributed by atoms with E-state index in [0.29, 0.717) is 6.42 Å². The average Bonchev–Trinajstić information content (AvgIpc) is 2.95. The highest BCUT2D eigenvalue weighted by Crippen LogP contribution is 2.28. The van der Waals surface area contributed by atoms with E-state index in [4.69, 9.17) is 11.6 Å². The Morgan fingerprint density at radius 3 is 2.85 bits per heavy atom. The van der Waals surface area contributed by atoms with Crippen LogP contribution in [0.2, 0.25) is 5.02 Å². The molecule has 0 radical (unpaired) electrons. The van der Waals surface area contributed by atoms with E-state index in [0.717, 1.165) is 35.9 Å². The molecule has 0 spiro atoms. The van der Waals surface area contributed by atoms with Crippen LogP contribution in [0.15, 0.2) is 24.3 Å². The lowest BCUT2D eigenvalue weighted by atomic mass is 10.0. The van der Waals surface area contributed by atoms with Crippen molar-refractivity contribution in [1.82, 2.24) is 5.32 Å². The van der Waals surface area contributed by atoms with E-state index in [1.54, 1.807) is 0 Å². The Morgan fingerprint density at radius 1 is 1.30 bits per heavy atom. The fourth-order valence-corrected chi connectivity index (χ4v) is 3.17. The summed E-state index contributed by atoms with van der Waals surface area (Å²) in [7, 11) is 0. The molecule has 0 atom stereocenters. The van der Waals surface area contributed by atoms with Crippen molar-refractivity contribution in [3.05, 3.63) is 34.9 Å². The molecule has 1 aromatic rings. The molecule has 1 fully saturated rings. The summed E-state index contributed by atoms with van der Waals surface area (Å²) in [5, 5.41) is 3.76. The van der Waals surface area contributed by atoms with Gasteiger partial charge < -0.3 is 5.32 Å². The fourth-order valence-electron chi connectivity index (χ4n) is 2.96. The molecule has 0 aromatic heterocycles. The summed E-state index contributed by atoms with van der Waals surface area (Å²) in [6.45, 7) is 0.824. The first-order valence-corrected chi connectivity index (χ1v) is 8.13. The zero-order valence-corrected chi connectivity index (χ0v) is 12.8. The number of amides is 1. The normalized spacial score (nSPS) is 15.4. The fraction of sp³-hybridized carbons (Fsp3) is 0.588. The first-order chi connectivity index (χ1) is 9.74. The van der Waals surface area contributed by atoms with E-state index in [1.807, 2.05) is 24.3 Å². The molecule has 0 unspecified atom stereocenters. The third-order valence-corrected chi connectivity index (χ3v) is 4.35. The topological polar surface area (TPSA) is 29.1 Å². The number of nitrogens with one attached hydrogen (secondary N) is 1. The molecule has 0 saturated heterocycles. The van der Waals surface area contributed by atoms with E-state index < -0.39 is 0 Å². The summed E-state index contributed by atoms with van der Waals surface area (Å²) in [6, 6.07) is 7.72. The second-order valence-electron chi connectivity index (χ2n) is 5.77. The minimum Gasteiger partial charge on any atom is -0.356 e. The second-order valence-corrected chi connectivity index (χ2v) is 6.21. The Kier molecular flexibility index (Phi) is 6.38. The van der Waals surface area contributed by atoms with Crippen LogP contribution in [0.1, 0.15) is 50.5 Å². The third-order valence-electron chi connectivity index (χ3n) is 4.12. The van der Waals surface area contributed by atoms with Crippen LogP contribution < -0.4 is 5.32 Å². The highest BCUT2D eigenvalue weighted by molar-refractivity contribution is 6.30. The lowest BCUT2D eigenvalue weighted by molar-refractivity contribution is -0.121. The summed E-state index contributed by atoms with van der Waals surface area (Å²) >= 11 is 5.92. The molecule has 1 aromatic carbocycles. The van der Waals surface area contributed by atoms with Crippen molar-refractivity contribution in [1.29, 1.82) is 0 Å². The lowest BCUT2D eigenvalue weighted by Gasteiger charge is -2.09. The SMILES string of the molecule is O=C(CCc1cccc(Cl)c1)NCCCC1CCCC1. The van der Waals surface area contributed by atoms with Gasteiger partial charge in [0.05, 0.1) is 0 Å². The Labute approximate surface area is 126 Å². The molecule has 1 N–H and O–H groups in total. The summed E-state index contributed by atoms with van der Waals surface area (Å²) < 4.78 is 0. The quantitative estimate of drug-likeness (QED) is 0.744. The Bertz CT molecular complexity index is 427. The van der Waals surface area contributed by atoms with Crippen LogP contribution in [0.5, 0.6) is 0 Å². The molecule has 1 aliphatic rings. The predicted octanol–water partition coefficient (Wildman–Crippen LogP) is 4.36. The number of rotatable bonds is 7. The van der Waals surface area contributed by atoms with Gasteiger partial charge in [0, 0.05) is 18.0 Å². The van der Waals surface area contributed by atoms with Gasteiger partial charge >= 0.3 is 0 Å². The van der Waals surface area contributed by atoms with E-state index in [1.165, 1.54) is 32.1 Å². The van der Waals surface area contributed by atoms with Crippen molar-refractivity contribution < 1.29 is 4.79 Å². The van der Waals surface area contributed by atoms with E-state index in [2.05, 4.69) is 5.32 Å². The average molecular weight is 294 g/mol. The number of benzene rings is 1. The monoisotopic (exact) mass is 293 g/mol. The summed E-state index contributed by atoms with van der Waals surface area (Å²) in [6.07, 6.45) is 9.28. The van der Waals surface area contributed by atoms with Crippen LogP contribution in [-0.2, 0) is 11.2 Å². The zero-order chi connectivity index (χ0) is 14.2. The molecular formula is C17H24ClNO. The first kappa shape index (κ1) is 15.4. The molecule has 1 aliphatic carbocycles. The van der Waals surface area contributed by atoms with Crippen molar-refractivity contribution in [2.45, 2.75) is 51.4 Å². The molecule has 2 rings (SSSR count). The maximum Gasteiger partial charge on any atom is 0.220 e. The van der Waals surface area contributed by atoms with Crippen molar-refractivity contribution in [3.63, 3.8) is 0 Å². The number of aryl methyl sites for hydroxylation is 1. The summed E-state index contributed by atoms with van der Waals surface area (Å²) in [5.41, 5.74) is 1.12. The van der Waals surface area contributed by atoms with Gasteiger partial charge in [0.25, 0.3) is 0 Å². The van der Waals surface area contributed by atoms with Crippen LogP contribution >= 0.6 is 11.6 Å². The zero-order valence-electron chi connectivity index (χ0n) is 12.0.